The van der Waals surface area contributed by atoms with Crippen molar-refractivity contribution in [3.05, 3.63) is 36.5 Å². The molecular formula is C19H29IN6O2. The van der Waals surface area contributed by atoms with Crippen molar-refractivity contribution in [3.63, 3.8) is 0 Å². The zero-order valence-electron chi connectivity index (χ0n) is 16.7. The van der Waals surface area contributed by atoms with Gasteiger partial charge < -0.3 is 19.5 Å². The molecule has 8 nitrogen and oxygen atoms in total. The SMILES string of the molecule is CCC(C)NC(=NCCc1ccco1)N1CCN(c2cnn(C)c2)C(=O)C1.I. The van der Waals surface area contributed by atoms with Crippen LogP contribution in [0.5, 0.6) is 0 Å². The summed E-state index contributed by atoms with van der Waals surface area (Å²) >= 11 is 0. The van der Waals surface area contributed by atoms with Gasteiger partial charge in [-0.15, -0.1) is 24.0 Å². The van der Waals surface area contributed by atoms with Crippen LogP contribution in [-0.2, 0) is 18.3 Å². The Morgan fingerprint density at radius 2 is 2.25 bits per heavy atom. The summed E-state index contributed by atoms with van der Waals surface area (Å²) in [7, 11) is 1.85. The van der Waals surface area contributed by atoms with Crippen molar-refractivity contribution in [3.8, 4) is 0 Å². The second kappa shape index (κ2) is 10.5. The molecule has 3 rings (SSSR count). The quantitative estimate of drug-likeness (QED) is 0.374. The Balaban J connectivity index is 0.00000280. The van der Waals surface area contributed by atoms with Gasteiger partial charge in [0.25, 0.3) is 0 Å². The Morgan fingerprint density at radius 3 is 2.86 bits per heavy atom. The first-order chi connectivity index (χ1) is 13.1. The lowest BCUT2D eigenvalue weighted by atomic mass is 10.2. The predicted octanol–water partition coefficient (Wildman–Crippen LogP) is 2.27. The summed E-state index contributed by atoms with van der Waals surface area (Å²) in [5.41, 5.74) is 0.841. The van der Waals surface area contributed by atoms with E-state index in [0.717, 1.165) is 36.8 Å². The third-order valence-electron chi connectivity index (χ3n) is 4.71. The van der Waals surface area contributed by atoms with Crippen LogP contribution in [-0.4, -0.2) is 58.8 Å². The minimum absolute atomic E-state index is 0. The van der Waals surface area contributed by atoms with Gasteiger partial charge >= 0.3 is 0 Å². The first-order valence-electron chi connectivity index (χ1n) is 9.44. The van der Waals surface area contributed by atoms with Crippen LogP contribution in [0.1, 0.15) is 26.0 Å². The number of nitrogens with one attached hydrogen (secondary N) is 1. The minimum atomic E-state index is 0. The van der Waals surface area contributed by atoms with Gasteiger partial charge in [0.1, 0.15) is 12.3 Å². The number of piperazine rings is 1. The van der Waals surface area contributed by atoms with Crippen LogP contribution in [0.4, 0.5) is 5.69 Å². The van der Waals surface area contributed by atoms with Gasteiger partial charge in [-0.2, -0.15) is 5.10 Å². The lowest BCUT2D eigenvalue weighted by Gasteiger charge is -2.36. The molecule has 154 valence electrons. The number of furan rings is 1. The Hall–Kier alpha value is -2.04. The lowest BCUT2D eigenvalue weighted by molar-refractivity contribution is -0.120. The molecule has 1 unspecified atom stereocenters. The number of carbonyl (C=O) groups is 1. The van der Waals surface area contributed by atoms with Gasteiger partial charge in [-0.25, -0.2) is 0 Å². The van der Waals surface area contributed by atoms with Crippen molar-refractivity contribution >= 4 is 41.5 Å². The highest BCUT2D eigenvalue weighted by Gasteiger charge is 2.28. The van der Waals surface area contributed by atoms with Crippen molar-refractivity contribution in [1.29, 1.82) is 0 Å². The molecule has 28 heavy (non-hydrogen) atoms. The number of hydrogen-bond donors (Lipinski definition) is 1. The number of aromatic nitrogens is 2. The molecule has 1 saturated heterocycles. The number of amides is 1. The van der Waals surface area contributed by atoms with Crippen LogP contribution in [0, 0.1) is 0 Å². The van der Waals surface area contributed by atoms with E-state index in [1.165, 1.54) is 0 Å². The van der Waals surface area contributed by atoms with Crippen LogP contribution in [0.2, 0.25) is 0 Å². The highest BCUT2D eigenvalue weighted by molar-refractivity contribution is 14.0. The van der Waals surface area contributed by atoms with Crippen molar-refractivity contribution < 1.29 is 9.21 Å². The van der Waals surface area contributed by atoms with Crippen LogP contribution in [0.25, 0.3) is 0 Å². The van der Waals surface area contributed by atoms with Gasteiger partial charge in [0, 0.05) is 45.3 Å². The van der Waals surface area contributed by atoms with Gasteiger partial charge in [0.05, 0.1) is 18.1 Å². The maximum Gasteiger partial charge on any atom is 0.246 e. The molecule has 3 heterocycles. The Bertz CT molecular complexity index is 773. The number of guanidine groups is 1. The molecule has 0 spiro atoms. The summed E-state index contributed by atoms with van der Waals surface area (Å²) in [5.74, 6) is 1.76. The number of nitrogens with zero attached hydrogens (tertiary/aromatic N) is 5. The molecule has 2 aromatic heterocycles. The van der Waals surface area contributed by atoms with Crippen molar-refractivity contribution in [2.45, 2.75) is 32.7 Å². The Kier molecular flexibility index (Phi) is 8.34. The highest BCUT2D eigenvalue weighted by atomic mass is 127. The summed E-state index contributed by atoms with van der Waals surface area (Å²) in [6, 6.07) is 4.13. The van der Waals surface area contributed by atoms with Gasteiger partial charge in [-0.1, -0.05) is 6.92 Å². The van der Waals surface area contributed by atoms with E-state index >= 15 is 0 Å². The average molecular weight is 500 g/mol. The summed E-state index contributed by atoms with van der Waals surface area (Å²) in [4.78, 5) is 21.2. The topological polar surface area (TPSA) is 78.9 Å². The molecule has 0 bridgehead atoms. The minimum Gasteiger partial charge on any atom is -0.469 e. The van der Waals surface area contributed by atoms with Gasteiger partial charge in [0.15, 0.2) is 5.96 Å². The van der Waals surface area contributed by atoms with E-state index in [2.05, 4.69) is 24.3 Å². The van der Waals surface area contributed by atoms with Crippen molar-refractivity contribution in [2.75, 3.05) is 31.1 Å². The predicted molar refractivity (Wildman–Crippen MR) is 120 cm³/mol. The normalized spacial score (nSPS) is 16.1. The molecule has 2 aromatic rings. The maximum absolute atomic E-state index is 12.7. The fourth-order valence-electron chi connectivity index (χ4n) is 2.96. The van der Waals surface area contributed by atoms with Crippen LogP contribution < -0.4 is 10.2 Å². The van der Waals surface area contributed by atoms with Crippen LogP contribution in [0.3, 0.4) is 0 Å². The summed E-state index contributed by atoms with van der Waals surface area (Å²) in [5, 5.41) is 7.61. The second-order valence-electron chi connectivity index (χ2n) is 6.83. The molecule has 0 aliphatic carbocycles. The van der Waals surface area contributed by atoms with E-state index in [1.807, 2.05) is 30.3 Å². The number of anilines is 1. The van der Waals surface area contributed by atoms with E-state index in [1.54, 1.807) is 22.0 Å². The number of aliphatic imine (C=N–C) groups is 1. The van der Waals surface area contributed by atoms with Gasteiger partial charge in [0.2, 0.25) is 5.91 Å². The molecule has 1 fully saturated rings. The Morgan fingerprint density at radius 1 is 1.43 bits per heavy atom. The number of hydrogen-bond acceptors (Lipinski definition) is 4. The zero-order chi connectivity index (χ0) is 19.2. The molecule has 0 radical (unpaired) electrons. The third-order valence-corrected chi connectivity index (χ3v) is 4.71. The fraction of sp³-hybridized carbons (Fsp3) is 0.526. The molecule has 9 heteroatoms. The lowest BCUT2D eigenvalue weighted by Crippen LogP contribution is -2.56. The molecule has 0 aromatic carbocycles. The van der Waals surface area contributed by atoms with E-state index in [0.29, 0.717) is 25.7 Å². The number of halogens is 1. The highest BCUT2D eigenvalue weighted by Crippen LogP contribution is 2.16. The third kappa shape index (κ3) is 5.73. The average Bonchev–Trinajstić information content (AvgIpc) is 3.32. The van der Waals surface area contributed by atoms with E-state index < -0.39 is 0 Å². The molecule has 1 atom stereocenters. The monoisotopic (exact) mass is 500 g/mol. The number of aryl methyl sites for hydroxylation is 1. The first kappa shape index (κ1) is 22.3. The molecule has 0 saturated carbocycles. The fourth-order valence-corrected chi connectivity index (χ4v) is 2.96. The number of carbonyl (C=O) groups excluding carboxylic acids is 1. The number of rotatable bonds is 6. The second-order valence-corrected chi connectivity index (χ2v) is 6.83. The van der Waals surface area contributed by atoms with Crippen molar-refractivity contribution in [2.24, 2.45) is 12.0 Å². The summed E-state index contributed by atoms with van der Waals surface area (Å²) < 4.78 is 7.08. The molecular weight excluding hydrogens is 471 g/mol. The standard InChI is InChI=1S/C19H28N6O2.HI/c1-4-15(2)22-19(20-8-7-17-6-5-11-27-17)24-9-10-25(18(26)14-24)16-12-21-23(3)13-16;/h5-6,11-13,15H,4,7-10,14H2,1-3H3,(H,20,22);1H. The zero-order valence-corrected chi connectivity index (χ0v) is 19.0. The smallest absolute Gasteiger partial charge is 0.246 e. The van der Waals surface area contributed by atoms with Crippen molar-refractivity contribution in [1.82, 2.24) is 20.0 Å². The largest absolute Gasteiger partial charge is 0.469 e. The summed E-state index contributed by atoms with van der Waals surface area (Å²) in [6.07, 6.45) is 6.99. The summed E-state index contributed by atoms with van der Waals surface area (Å²) in [6.45, 7) is 6.51. The Labute approximate surface area is 183 Å². The van der Waals surface area contributed by atoms with Gasteiger partial charge in [-0.3, -0.25) is 14.5 Å². The van der Waals surface area contributed by atoms with E-state index in [4.69, 9.17) is 9.41 Å². The molecule has 1 N–H and O–H groups in total. The van der Waals surface area contributed by atoms with Crippen LogP contribution in [0.15, 0.2) is 40.2 Å². The molecule has 1 aliphatic rings. The van der Waals surface area contributed by atoms with Gasteiger partial charge in [-0.05, 0) is 25.5 Å². The van der Waals surface area contributed by atoms with E-state index in [-0.39, 0.29) is 29.9 Å². The van der Waals surface area contributed by atoms with E-state index in [9.17, 15) is 4.79 Å². The first-order valence-corrected chi connectivity index (χ1v) is 9.44. The van der Waals surface area contributed by atoms with Crippen LogP contribution >= 0.6 is 24.0 Å². The molecule has 1 aliphatic heterocycles. The maximum atomic E-state index is 12.7. The molecule has 1 amide bonds.